The van der Waals surface area contributed by atoms with Gasteiger partial charge in [-0.15, -0.1) is 0 Å². The molecule has 27 heavy (non-hydrogen) atoms. The van der Waals surface area contributed by atoms with Gasteiger partial charge in [0, 0.05) is 12.1 Å². The Labute approximate surface area is 157 Å². The van der Waals surface area contributed by atoms with E-state index in [0.29, 0.717) is 11.1 Å². The molecule has 0 bridgehead atoms. The SMILES string of the molecule is N#Cc1ccc(CNC(=O)c2occc2CS(=O)(=O)c2ccccc2)cc1. The average molecular weight is 380 g/mol. The fourth-order valence-electron chi connectivity index (χ4n) is 2.52. The topological polar surface area (TPSA) is 100 Å². The first kappa shape index (κ1) is 18.4. The van der Waals surface area contributed by atoms with Gasteiger partial charge in [0.2, 0.25) is 0 Å². The number of nitrogens with zero attached hydrogens (tertiary/aromatic N) is 1. The molecular weight excluding hydrogens is 364 g/mol. The maximum Gasteiger partial charge on any atom is 0.287 e. The van der Waals surface area contributed by atoms with Crippen molar-refractivity contribution < 1.29 is 17.6 Å². The van der Waals surface area contributed by atoms with Gasteiger partial charge in [-0.25, -0.2) is 8.42 Å². The number of hydrogen-bond donors (Lipinski definition) is 1. The van der Waals surface area contributed by atoms with Crippen LogP contribution < -0.4 is 5.32 Å². The molecule has 2 aromatic carbocycles. The minimum atomic E-state index is -3.58. The van der Waals surface area contributed by atoms with Gasteiger partial charge in [0.25, 0.3) is 5.91 Å². The van der Waals surface area contributed by atoms with Crippen molar-refractivity contribution in [1.82, 2.24) is 5.32 Å². The minimum absolute atomic E-state index is 0.0249. The number of sulfone groups is 1. The van der Waals surface area contributed by atoms with E-state index in [1.54, 1.807) is 42.5 Å². The molecule has 0 atom stereocenters. The standard InChI is InChI=1S/C20H16N2O4S/c21-12-15-6-8-16(9-7-15)13-22-20(23)19-17(10-11-26-19)14-27(24,25)18-4-2-1-3-5-18/h1-11H,13-14H2,(H,22,23). The third-order valence-electron chi connectivity index (χ3n) is 3.94. The van der Waals surface area contributed by atoms with Gasteiger partial charge in [-0.3, -0.25) is 4.79 Å². The Morgan fingerprint density at radius 3 is 2.41 bits per heavy atom. The van der Waals surface area contributed by atoms with Gasteiger partial charge in [0.15, 0.2) is 15.6 Å². The normalized spacial score (nSPS) is 10.9. The van der Waals surface area contributed by atoms with E-state index in [2.05, 4.69) is 5.32 Å². The summed E-state index contributed by atoms with van der Waals surface area (Å²) >= 11 is 0. The number of nitriles is 1. The summed E-state index contributed by atoms with van der Waals surface area (Å²) in [4.78, 5) is 12.6. The van der Waals surface area contributed by atoms with Crippen LogP contribution in [0.3, 0.4) is 0 Å². The summed E-state index contributed by atoms with van der Waals surface area (Å²) in [5.74, 6) is -0.849. The van der Waals surface area contributed by atoms with Crippen LogP contribution in [0.1, 0.15) is 27.2 Å². The first-order valence-corrected chi connectivity index (χ1v) is 9.76. The molecule has 0 saturated carbocycles. The largest absolute Gasteiger partial charge is 0.459 e. The van der Waals surface area contributed by atoms with Gasteiger partial charge < -0.3 is 9.73 Å². The van der Waals surface area contributed by atoms with Crippen LogP contribution in [0.2, 0.25) is 0 Å². The Balaban J connectivity index is 1.70. The Bertz CT molecular complexity index is 1080. The summed E-state index contributed by atoms with van der Waals surface area (Å²) in [5.41, 5.74) is 1.65. The Morgan fingerprint density at radius 1 is 1.04 bits per heavy atom. The van der Waals surface area contributed by atoms with Gasteiger partial charge in [-0.05, 0) is 35.9 Å². The van der Waals surface area contributed by atoms with Gasteiger partial charge >= 0.3 is 0 Å². The van der Waals surface area contributed by atoms with Crippen molar-refractivity contribution in [1.29, 1.82) is 5.26 Å². The molecule has 1 aromatic heterocycles. The zero-order valence-electron chi connectivity index (χ0n) is 14.3. The first-order chi connectivity index (χ1) is 13.0. The lowest BCUT2D eigenvalue weighted by Gasteiger charge is -2.07. The van der Waals surface area contributed by atoms with Crippen LogP contribution in [-0.4, -0.2) is 14.3 Å². The van der Waals surface area contributed by atoms with Crippen molar-refractivity contribution in [3.05, 3.63) is 89.4 Å². The van der Waals surface area contributed by atoms with Crippen LogP contribution in [0.25, 0.3) is 0 Å². The lowest BCUT2D eigenvalue weighted by atomic mass is 10.1. The van der Waals surface area contributed by atoms with Crippen LogP contribution in [-0.2, 0) is 22.1 Å². The van der Waals surface area contributed by atoms with Gasteiger partial charge in [-0.2, -0.15) is 5.26 Å². The van der Waals surface area contributed by atoms with Crippen molar-refractivity contribution >= 4 is 15.7 Å². The summed E-state index contributed by atoms with van der Waals surface area (Å²) in [7, 11) is -3.58. The molecule has 0 radical (unpaired) electrons. The number of carbonyl (C=O) groups is 1. The summed E-state index contributed by atoms with van der Waals surface area (Å²) in [5, 5.41) is 11.5. The van der Waals surface area contributed by atoms with Crippen molar-refractivity contribution in [2.75, 3.05) is 0 Å². The molecule has 0 aliphatic carbocycles. The zero-order valence-corrected chi connectivity index (χ0v) is 15.1. The van der Waals surface area contributed by atoms with Gasteiger partial charge in [0.1, 0.15) is 0 Å². The van der Waals surface area contributed by atoms with Crippen molar-refractivity contribution in [3.63, 3.8) is 0 Å². The van der Waals surface area contributed by atoms with Crippen LogP contribution >= 0.6 is 0 Å². The quantitative estimate of drug-likeness (QED) is 0.708. The second kappa shape index (κ2) is 7.89. The van der Waals surface area contributed by atoms with Gasteiger partial charge in [-0.1, -0.05) is 30.3 Å². The minimum Gasteiger partial charge on any atom is -0.459 e. The van der Waals surface area contributed by atoms with Gasteiger partial charge in [0.05, 0.1) is 28.5 Å². The Hall–Kier alpha value is -3.37. The molecule has 6 nitrogen and oxygen atoms in total. The van der Waals surface area contributed by atoms with Crippen LogP contribution in [0.15, 0.2) is 76.2 Å². The van der Waals surface area contributed by atoms with Crippen LogP contribution in [0.4, 0.5) is 0 Å². The maximum absolute atomic E-state index is 12.5. The maximum atomic E-state index is 12.5. The number of benzene rings is 2. The molecule has 7 heteroatoms. The second-order valence-electron chi connectivity index (χ2n) is 5.84. The lowest BCUT2D eigenvalue weighted by molar-refractivity contribution is 0.0922. The summed E-state index contributed by atoms with van der Waals surface area (Å²) in [6, 6.07) is 18.4. The predicted molar refractivity (Wildman–Crippen MR) is 98.4 cm³/mol. The Morgan fingerprint density at radius 2 is 1.74 bits per heavy atom. The summed E-state index contributed by atoms with van der Waals surface area (Å²) in [6.07, 6.45) is 1.30. The molecule has 1 amide bonds. The first-order valence-electron chi connectivity index (χ1n) is 8.11. The molecular formula is C20H16N2O4S. The highest BCUT2D eigenvalue weighted by atomic mass is 32.2. The molecule has 0 saturated heterocycles. The number of amides is 1. The highest BCUT2D eigenvalue weighted by Gasteiger charge is 2.22. The fourth-order valence-corrected chi connectivity index (χ4v) is 3.90. The van der Waals surface area contributed by atoms with E-state index in [0.717, 1.165) is 5.56 Å². The number of hydrogen-bond acceptors (Lipinski definition) is 5. The summed E-state index contributed by atoms with van der Waals surface area (Å²) < 4.78 is 30.2. The Kier molecular flexibility index (Phi) is 5.38. The monoisotopic (exact) mass is 380 g/mol. The van der Waals surface area contributed by atoms with E-state index in [1.165, 1.54) is 24.5 Å². The molecule has 1 heterocycles. The van der Waals surface area contributed by atoms with E-state index in [1.807, 2.05) is 6.07 Å². The highest BCUT2D eigenvalue weighted by Crippen LogP contribution is 2.20. The van der Waals surface area contributed by atoms with Crippen molar-refractivity contribution in [2.45, 2.75) is 17.2 Å². The van der Waals surface area contributed by atoms with Crippen molar-refractivity contribution in [2.24, 2.45) is 0 Å². The van der Waals surface area contributed by atoms with E-state index in [-0.39, 0.29) is 23.0 Å². The number of furan rings is 1. The summed E-state index contributed by atoms with van der Waals surface area (Å²) in [6.45, 7) is 0.232. The molecule has 3 aromatic rings. The molecule has 0 aliphatic heterocycles. The number of rotatable bonds is 6. The van der Waals surface area contributed by atoms with Crippen LogP contribution in [0, 0.1) is 11.3 Å². The van der Waals surface area contributed by atoms with Crippen molar-refractivity contribution in [3.8, 4) is 6.07 Å². The third-order valence-corrected chi connectivity index (χ3v) is 5.62. The smallest absolute Gasteiger partial charge is 0.287 e. The molecule has 0 spiro atoms. The predicted octanol–water partition coefficient (Wildman–Crippen LogP) is 3.06. The van der Waals surface area contributed by atoms with E-state index < -0.39 is 15.7 Å². The highest BCUT2D eigenvalue weighted by molar-refractivity contribution is 7.90. The van der Waals surface area contributed by atoms with Crippen LogP contribution in [0.5, 0.6) is 0 Å². The number of nitrogens with one attached hydrogen (secondary N) is 1. The van der Waals surface area contributed by atoms with E-state index >= 15 is 0 Å². The molecule has 0 unspecified atom stereocenters. The molecule has 136 valence electrons. The number of carbonyl (C=O) groups excluding carboxylic acids is 1. The van der Waals surface area contributed by atoms with E-state index in [9.17, 15) is 13.2 Å². The fraction of sp³-hybridized carbons (Fsp3) is 0.100. The lowest BCUT2D eigenvalue weighted by Crippen LogP contribution is -2.23. The third kappa shape index (κ3) is 4.43. The molecule has 0 fully saturated rings. The zero-order chi connectivity index (χ0) is 19.3. The average Bonchev–Trinajstić information content (AvgIpc) is 3.14. The second-order valence-corrected chi connectivity index (χ2v) is 7.83. The van der Waals surface area contributed by atoms with E-state index in [4.69, 9.17) is 9.68 Å². The molecule has 0 aliphatic rings. The molecule has 3 rings (SSSR count). The molecule has 1 N–H and O–H groups in total.